The quantitative estimate of drug-likeness (QED) is 0.0799. The summed E-state index contributed by atoms with van der Waals surface area (Å²) < 4.78 is 40.5. The number of carbonyl (C=O) groups is 3. The molecule has 0 bridgehead atoms. The number of unbranched alkanes of at least 4 members (excludes halogenated alkanes) is 6. The molecule has 0 aliphatic rings. The van der Waals surface area contributed by atoms with Crippen LogP contribution in [0.15, 0.2) is 12.7 Å². The first-order chi connectivity index (χ1) is 12.7. The van der Waals surface area contributed by atoms with Crippen LogP contribution in [0.1, 0.15) is 59.2 Å². The molecular formula is C17H30NNaO8S. The molecule has 0 aromatic carbocycles. The van der Waals surface area contributed by atoms with Crippen LogP contribution in [-0.4, -0.2) is 49.3 Å². The molecule has 0 radical (unpaired) electrons. The van der Waals surface area contributed by atoms with Gasteiger partial charge in [-0.2, -0.15) is 8.42 Å². The Kier molecular flexibility index (Phi) is 18.0. The van der Waals surface area contributed by atoms with Gasteiger partial charge in [0, 0.05) is 13.0 Å². The van der Waals surface area contributed by atoms with Crippen LogP contribution in [0, 0.1) is 0 Å². The number of nitrogens with two attached hydrogens (primary N) is 1. The Hall–Kier alpha value is -0.780. The molecule has 0 saturated heterocycles. The first kappa shape index (κ1) is 29.4. The second-order valence-corrected chi connectivity index (χ2v) is 7.56. The predicted octanol–water partition coefficient (Wildman–Crippen LogP) is -1.37. The maximum Gasteiger partial charge on any atom is 1.00 e. The summed E-state index contributed by atoms with van der Waals surface area (Å²) in [5.74, 6) is -3.36. The SMILES string of the molecule is C=CCCCCCCCCC(=O)OC(=O)CC(C(=O)OCCN)S(=O)(=O)O.[H-].[Na+]. The van der Waals surface area contributed by atoms with Gasteiger partial charge in [0.05, 0.1) is 6.42 Å². The zero-order valence-corrected chi connectivity index (χ0v) is 19.2. The molecule has 0 heterocycles. The minimum atomic E-state index is -4.89. The van der Waals surface area contributed by atoms with Crippen molar-refractivity contribution in [2.45, 2.75) is 63.0 Å². The van der Waals surface area contributed by atoms with Crippen molar-refractivity contribution in [2.75, 3.05) is 13.2 Å². The number of rotatable bonds is 15. The van der Waals surface area contributed by atoms with E-state index in [1.54, 1.807) is 0 Å². The minimum Gasteiger partial charge on any atom is -1.00 e. The summed E-state index contributed by atoms with van der Waals surface area (Å²) in [6.07, 6.45) is 7.36. The van der Waals surface area contributed by atoms with Crippen molar-refractivity contribution in [1.82, 2.24) is 0 Å². The van der Waals surface area contributed by atoms with Crippen molar-refractivity contribution >= 4 is 28.0 Å². The zero-order valence-electron chi connectivity index (χ0n) is 17.4. The number of hydrogen-bond acceptors (Lipinski definition) is 8. The van der Waals surface area contributed by atoms with Gasteiger partial charge in [-0.1, -0.05) is 31.8 Å². The maximum absolute atomic E-state index is 11.7. The van der Waals surface area contributed by atoms with E-state index in [9.17, 15) is 22.8 Å². The fraction of sp³-hybridized carbons (Fsp3) is 0.706. The molecule has 1 unspecified atom stereocenters. The molecule has 28 heavy (non-hydrogen) atoms. The average molecular weight is 431 g/mol. The normalized spacial score (nSPS) is 11.8. The summed E-state index contributed by atoms with van der Waals surface area (Å²) in [5.41, 5.74) is 5.12. The van der Waals surface area contributed by atoms with Gasteiger partial charge in [0.25, 0.3) is 10.1 Å². The van der Waals surface area contributed by atoms with Gasteiger partial charge in [-0.05, 0) is 19.3 Å². The molecule has 0 aliphatic heterocycles. The van der Waals surface area contributed by atoms with Crippen LogP contribution in [0.25, 0.3) is 0 Å². The third kappa shape index (κ3) is 15.2. The molecule has 0 saturated carbocycles. The number of carbonyl (C=O) groups excluding carboxylic acids is 3. The smallest absolute Gasteiger partial charge is 1.00 e. The van der Waals surface area contributed by atoms with Crippen LogP contribution in [0.5, 0.6) is 0 Å². The molecule has 1 atom stereocenters. The molecular weight excluding hydrogens is 401 g/mol. The van der Waals surface area contributed by atoms with Crippen molar-refractivity contribution < 1.29 is 67.8 Å². The van der Waals surface area contributed by atoms with Gasteiger partial charge in [-0.3, -0.25) is 18.9 Å². The van der Waals surface area contributed by atoms with E-state index >= 15 is 0 Å². The van der Waals surface area contributed by atoms with Crippen molar-refractivity contribution in [3.63, 3.8) is 0 Å². The topological polar surface area (TPSA) is 150 Å². The molecule has 0 spiro atoms. The van der Waals surface area contributed by atoms with Gasteiger partial charge in [0.1, 0.15) is 6.61 Å². The van der Waals surface area contributed by atoms with Gasteiger partial charge in [-0.25, -0.2) is 0 Å². The third-order valence-electron chi connectivity index (χ3n) is 3.60. The minimum absolute atomic E-state index is 0. The Morgan fingerprint density at radius 2 is 1.64 bits per heavy atom. The van der Waals surface area contributed by atoms with Crippen molar-refractivity contribution in [2.24, 2.45) is 5.73 Å². The second kappa shape index (κ2) is 17.1. The average Bonchev–Trinajstić information content (AvgIpc) is 2.58. The Morgan fingerprint density at radius 3 is 2.18 bits per heavy atom. The van der Waals surface area contributed by atoms with Crippen LogP contribution in [0.2, 0.25) is 0 Å². The Balaban J connectivity index is -0.00000338. The maximum atomic E-state index is 11.7. The molecule has 0 fully saturated rings. The molecule has 3 N–H and O–H groups in total. The molecule has 0 rings (SSSR count). The van der Waals surface area contributed by atoms with E-state index in [-0.39, 0.29) is 50.6 Å². The van der Waals surface area contributed by atoms with Crippen LogP contribution in [0.4, 0.5) is 0 Å². The third-order valence-corrected chi connectivity index (χ3v) is 4.68. The van der Waals surface area contributed by atoms with E-state index in [4.69, 9.17) is 10.3 Å². The van der Waals surface area contributed by atoms with Gasteiger partial charge in [-0.15, -0.1) is 6.58 Å². The molecule has 0 aromatic rings. The predicted molar refractivity (Wildman–Crippen MR) is 99.3 cm³/mol. The summed E-state index contributed by atoms with van der Waals surface area (Å²) in [5, 5.41) is -2.15. The number of hydrogen-bond donors (Lipinski definition) is 2. The van der Waals surface area contributed by atoms with Crippen LogP contribution in [-0.2, 0) is 34.0 Å². The summed E-state index contributed by atoms with van der Waals surface area (Å²) >= 11 is 0. The summed E-state index contributed by atoms with van der Waals surface area (Å²) in [6.45, 7) is 3.32. The van der Waals surface area contributed by atoms with Crippen molar-refractivity contribution in [3.05, 3.63) is 12.7 Å². The van der Waals surface area contributed by atoms with Gasteiger partial charge in [0.15, 0.2) is 5.25 Å². The van der Waals surface area contributed by atoms with E-state index < -0.39 is 39.7 Å². The Morgan fingerprint density at radius 1 is 1.07 bits per heavy atom. The summed E-state index contributed by atoms with van der Waals surface area (Å²) in [4.78, 5) is 34.9. The number of allylic oxidation sites excluding steroid dienone is 1. The van der Waals surface area contributed by atoms with E-state index in [0.29, 0.717) is 6.42 Å². The van der Waals surface area contributed by atoms with Gasteiger partial charge < -0.3 is 16.6 Å². The first-order valence-corrected chi connectivity index (χ1v) is 10.4. The summed E-state index contributed by atoms with van der Waals surface area (Å²) in [7, 11) is -4.89. The molecule has 0 amide bonds. The largest absolute Gasteiger partial charge is 1.00 e. The molecule has 0 aliphatic carbocycles. The molecule has 9 nitrogen and oxygen atoms in total. The molecule has 0 aromatic heterocycles. The summed E-state index contributed by atoms with van der Waals surface area (Å²) in [6, 6.07) is 0. The monoisotopic (exact) mass is 431 g/mol. The van der Waals surface area contributed by atoms with Crippen molar-refractivity contribution in [1.29, 1.82) is 0 Å². The standard InChI is InChI=1S/C17H29NO8S.Na.H/c1-2-3-4-5-6-7-8-9-10-15(19)26-16(20)13-14(27(22,23)24)17(21)25-12-11-18;;/h2,14H,1,3-13,18H2,(H,22,23,24);;/q;+1;-1. The van der Waals surface area contributed by atoms with E-state index in [0.717, 1.165) is 38.5 Å². The van der Waals surface area contributed by atoms with Crippen LogP contribution < -0.4 is 35.3 Å². The van der Waals surface area contributed by atoms with Crippen LogP contribution in [0.3, 0.4) is 0 Å². The molecule has 11 heteroatoms. The number of esters is 3. The number of ether oxygens (including phenoxy) is 2. The molecule has 158 valence electrons. The van der Waals surface area contributed by atoms with E-state index in [2.05, 4.69) is 16.1 Å². The van der Waals surface area contributed by atoms with Gasteiger partial charge in [0.2, 0.25) is 0 Å². The Bertz CT molecular complexity index is 600. The fourth-order valence-corrected chi connectivity index (χ4v) is 2.86. The van der Waals surface area contributed by atoms with Gasteiger partial charge >= 0.3 is 47.5 Å². The second-order valence-electron chi connectivity index (χ2n) is 5.96. The Labute approximate surface area is 189 Å². The van der Waals surface area contributed by atoms with E-state index in [1.165, 1.54) is 0 Å². The first-order valence-electron chi connectivity index (χ1n) is 8.89. The van der Waals surface area contributed by atoms with E-state index in [1.807, 2.05) is 6.08 Å². The fourth-order valence-electron chi connectivity index (χ4n) is 2.20. The zero-order chi connectivity index (χ0) is 20.7. The van der Waals surface area contributed by atoms with Crippen molar-refractivity contribution in [3.8, 4) is 0 Å². The van der Waals surface area contributed by atoms with Crippen LogP contribution >= 0.6 is 0 Å².